The molecule has 0 radical (unpaired) electrons. The number of carbonyl (C=O) groups excluding carboxylic acids is 1. The van der Waals surface area contributed by atoms with Crippen molar-refractivity contribution >= 4 is 27.5 Å². The van der Waals surface area contributed by atoms with Gasteiger partial charge in [-0.15, -0.1) is 0 Å². The van der Waals surface area contributed by atoms with E-state index in [0.29, 0.717) is 24.1 Å². The second-order valence-corrected chi connectivity index (χ2v) is 6.65. The molecule has 1 fully saturated rings. The van der Waals surface area contributed by atoms with Crippen LogP contribution in [0.3, 0.4) is 0 Å². The molecule has 2 rings (SSSR count). The number of nitrogens with zero attached hydrogens (tertiary/aromatic N) is 2. The molecule has 0 spiro atoms. The molecular formula is C15H19BrN2O3. The maximum atomic E-state index is 12.6. The van der Waals surface area contributed by atoms with E-state index in [1.54, 1.807) is 17.0 Å². The summed E-state index contributed by atoms with van der Waals surface area (Å²) in [5.41, 5.74) is 0.594. The van der Waals surface area contributed by atoms with Gasteiger partial charge in [-0.25, -0.2) is 0 Å². The Hall–Kier alpha value is -1.43. The number of likely N-dealkylation sites (tertiary alicyclic amines) is 1. The summed E-state index contributed by atoms with van der Waals surface area (Å²) in [6.07, 6.45) is 3.05. The minimum absolute atomic E-state index is 0.0729. The van der Waals surface area contributed by atoms with Gasteiger partial charge in [0.1, 0.15) is 4.47 Å². The number of hydrogen-bond donors (Lipinski definition) is 0. The van der Waals surface area contributed by atoms with Crippen molar-refractivity contribution in [2.45, 2.75) is 33.1 Å². The van der Waals surface area contributed by atoms with Crippen LogP contribution in [0.15, 0.2) is 22.7 Å². The first-order chi connectivity index (χ1) is 9.88. The standard InChI is InChI=1S/C15H19BrN2O3/c1-3-15(2)7-9-17(10-8-15)14(19)11-5-4-6-12(13(11)16)18(20)21/h4-6H,3,7-10H2,1-2H3. The third-order valence-corrected chi connectivity index (χ3v) is 5.35. The lowest BCUT2D eigenvalue weighted by Crippen LogP contribution is -2.42. The molecule has 0 aromatic heterocycles. The molecule has 1 aliphatic rings. The van der Waals surface area contributed by atoms with Crippen LogP contribution >= 0.6 is 15.9 Å². The molecule has 1 aliphatic heterocycles. The zero-order chi connectivity index (χ0) is 15.6. The normalized spacial score (nSPS) is 17.6. The SMILES string of the molecule is CCC1(C)CCN(C(=O)c2cccc([N+](=O)[O-])c2Br)CC1. The third-order valence-electron chi connectivity index (χ3n) is 4.52. The summed E-state index contributed by atoms with van der Waals surface area (Å²) >= 11 is 3.20. The number of rotatable bonds is 3. The molecule has 5 nitrogen and oxygen atoms in total. The highest BCUT2D eigenvalue weighted by atomic mass is 79.9. The van der Waals surface area contributed by atoms with Crippen molar-refractivity contribution in [1.82, 2.24) is 4.90 Å². The van der Waals surface area contributed by atoms with Gasteiger partial charge in [-0.3, -0.25) is 14.9 Å². The summed E-state index contributed by atoms with van der Waals surface area (Å²) in [5, 5.41) is 10.9. The fraction of sp³-hybridized carbons (Fsp3) is 0.533. The quantitative estimate of drug-likeness (QED) is 0.608. The van der Waals surface area contributed by atoms with E-state index in [1.165, 1.54) is 6.07 Å². The van der Waals surface area contributed by atoms with Crippen molar-refractivity contribution < 1.29 is 9.72 Å². The summed E-state index contributed by atoms with van der Waals surface area (Å²) in [6.45, 7) is 5.84. The van der Waals surface area contributed by atoms with Crippen molar-refractivity contribution in [2.75, 3.05) is 13.1 Å². The number of piperidine rings is 1. The van der Waals surface area contributed by atoms with E-state index in [-0.39, 0.29) is 16.1 Å². The Kier molecular flexibility index (Phi) is 4.66. The molecule has 21 heavy (non-hydrogen) atoms. The van der Waals surface area contributed by atoms with Gasteiger partial charge < -0.3 is 4.90 Å². The van der Waals surface area contributed by atoms with E-state index < -0.39 is 4.92 Å². The van der Waals surface area contributed by atoms with Gasteiger partial charge in [0.2, 0.25) is 0 Å². The Labute approximate surface area is 132 Å². The first-order valence-corrected chi connectivity index (χ1v) is 7.89. The number of nitro groups is 1. The lowest BCUT2D eigenvalue weighted by molar-refractivity contribution is -0.385. The smallest absolute Gasteiger partial charge is 0.284 e. The summed E-state index contributed by atoms with van der Waals surface area (Å²) in [7, 11) is 0. The van der Waals surface area contributed by atoms with Crippen molar-refractivity contribution in [3.05, 3.63) is 38.3 Å². The van der Waals surface area contributed by atoms with Crippen LogP contribution in [0.4, 0.5) is 5.69 Å². The summed E-state index contributed by atoms with van der Waals surface area (Å²) in [4.78, 5) is 24.8. The molecule has 0 unspecified atom stereocenters. The Morgan fingerprint density at radius 3 is 2.57 bits per heavy atom. The zero-order valence-electron chi connectivity index (χ0n) is 12.3. The minimum Gasteiger partial charge on any atom is -0.339 e. The molecule has 0 aliphatic carbocycles. The number of nitro benzene ring substituents is 1. The van der Waals surface area contributed by atoms with Gasteiger partial charge in [0.05, 0.1) is 10.5 Å². The highest BCUT2D eigenvalue weighted by Crippen LogP contribution is 2.35. The second-order valence-electron chi connectivity index (χ2n) is 5.85. The number of halogens is 1. The van der Waals surface area contributed by atoms with Gasteiger partial charge in [-0.2, -0.15) is 0 Å². The molecular weight excluding hydrogens is 336 g/mol. The lowest BCUT2D eigenvalue weighted by atomic mass is 9.78. The molecule has 1 aromatic rings. The predicted octanol–water partition coefficient (Wildman–Crippen LogP) is 4.01. The van der Waals surface area contributed by atoms with E-state index >= 15 is 0 Å². The molecule has 6 heteroatoms. The largest absolute Gasteiger partial charge is 0.339 e. The first kappa shape index (κ1) is 15.9. The van der Waals surface area contributed by atoms with Gasteiger partial charge in [0.25, 0.3) is 11.6 Å². The van der Waals surface area contributed by atoms with Gasteiger partial charge >= 0.3 is 0 Å². The van der Waals surface area contributed by atoms with Gasteiger partial charge in [-0.1, -0.05) is 26.3 Å². The molecule has 1 saturated heterocycles. The maximum absolute atomic E-state index is 12.6. The average molecular weight is 355 g/mol. The molecule has 0 bridgehead atoms. The van der Waals surface area contributed by atoms with Crippen LogP contribution < -0.4 is 0 Å². The van der Waals surface area contributed by atoms with Crippen LogP contribution in [0.2, 0.25) is 0 Å². The topological polar surface area (TPSA) is 63.5 Å². The van der Waals surface area contributed by atoms with Crippen LogP contribution in [0, 0.1) is 15.5 Å². The fourth-order valence-corrected chi connectivity index (χ4v) is 3.18. The highest BCUT2D eigenvalue weighted by Gasteiger charge is 2.32. The molecule has 0 N–H and O–H groups in total. The monoisotopic (exact) mass is 354 g/mol. The van der Waals surface area contributed by atoms with Crippen molar-refractivity contribution in [3.63, 3.8) is 0 Å². The van der Waals surface area contributed by atoms with E-state index in [9.17, 15) is 14.9 Å². The van der Waals surface area contributed by atoms with Crippen LogP contribution in [0.25, 0.3) is 0 Å². The Balaban J connectivity index is 2.19. The van der Waals surface area contributed by atoms with Gasteiger partial charge in [-0.05, 0) is 40.3 Å². The van der Waals surface area contributed by atoms with E-state index in [4.69, 9.17) is 0 Å². The predicted molar refractivity (Wildman–Crippen MR) is 84.3 cm³/mol. The van der Waals surface area contributed by atoms with Gasteiger partial charge in [0, 0.05) is 19.2 Å². The summed E-state index contributed by atoms with van der Waals surface area (Å²) < 4.78 is 0.267. The molecule has 114 valence electrons. The minimum atomic E-state index is -0.481. The Morgan fingerprint density at radius 2 is 2.05 bits per heavy atom. The Bertz CT molecular complexity index is 566. The van der Waals surface area contributed by atoms with E-state index in [0.717, 1.165) is 19.3 Å². The number of carbonyl (C=O) groups is 1. The third kappa shape index (κ3) is 3.26. The van der Waals surface area contributed by atoms with Crippen LogP contribution in [0.5, 0.6) is 0 Å². The van der Waals surface area contributed by atoms with Crippen molar-refractivity contribution in [3.8, 4) is 0 Å². The first-order valence-electron chi connectivity index (χ1n) is 7.10. The van der Waals surface area contributed by atoms with Crippen LogP contribution in [-0.4, -0.2) is 28.8 Å². The number of amides is 1. The van der Waals surface area contributed by atoms with Crippen LogP contribution in [0.1, 0.15) is 43.5 Å². The molecule has 1 heterocycles. The van der Waals surface area contributed by atoms with E-state index in [1.807, 2.05) is 0 Å². The van der Waals surface area contributed by atoms with E-state index in [2.05, 4.69) is 29.8 Å². The maximum Gasteiger partial charge on any atom is 0.284 e. The lowest BCUT2D eigenvalue weighted by Gasteiger charge is -2.39. The number of hydrogen-bond acceptors (Lipinski definition) is 3. The van der Waals surface area contributed by atoms with Crippen molar-refractivity contribution in [1.29, 1.82) is 0 Å². The second kappa shape index (κ2) is 6.13. The molecule has 1 amide bonds. The Morgan fingerprint density at radius 1 is 1.43 bits per heavy atom. The summed E-state index contributed by atoms with van der Waals surface area (Å²) in [5.74, 6) is -0.135. The molecule has 0 saturated carbocycles. The summed E-state index contributed by atoms with van der Waals surface area (Å²) in [6, 6.07) is 4.58. The zero-order valence-corrected chi connectivity index (χ0v) is 13.9. The number of benzene rings is 1. The van der Waals surface area contributed by atoms with Crippen LogP contribution in [-0.2, 0) is 0 Å². The van der Waals surface area contributed by atoms with Crippen molar-refractivity contribution in [2.24, 2.45) is 5.41 Å². The fourth-order valence-electron chi connectivity index (χ4n) is 2.60. The van der Waals surface area contributed by atoms with Gasteiger partial charge in [0.15, 0.2) is 0 Å². The molecule has 0 atom stereocenters. The molecule has 1 aromatic carbocycles. The highest BCUT2D eigenvalue weighted by molar-refractivity contribution is 9.10. The average Bonchev–Trinajstić information content (AvgIpc) is 2.47.